The van der Waals surface area contributed by atoms with Gasteiger partial charge in [0.25, 0.3) is 0 Å². The van der Waals surface area contributed by atoms with E-state index in [1.54, 1.807) is 0 Å². The lowest BCUT2D eigenvalue weighted by Gasteiger charge is -2.42. The first-order chi connectivity index (χ1) is 7.88. The van der Waals surface area contributed by atoms with Crippen LogP contribution in [0.25, 0.3) is 0 Å². The van der Waals surface area contributed by atoms with Crippen molar-refractivity contribution >= 4 is 0 Å². The van der Waals surface area contributed by atoms with Gasteiger partial charge in [0, 0.05) is 19.1 Å². The van der Waals surface area contributed by atoms with E-state index in [-0.39, 0.29) is 5.41 Å². The Morgan fingerprint density at radius 2 is 2.18 bits per heavy atom. The molecule has 0 amide bonds. The number of nitrogens with two attached hydrogens (primary N) is 1. The van der Waals surface area contributed by atoms with Crippen LogP contribution in [0.15, 0.2) is 4.42 Å². The monoisotopic (exact) mass is 237 g/mol. The largest absolute Gasteiger partial charge is 0.444 e. The average Bonchev–Trinajstić information content (AvgIpc) is 2.52. The molecule has 1 saturated heterocycles. The van der Waals surface area contributed by atoms with E-state index >= 15 is 0 Å². The number of likely N-dealkylation sites (tertiary alicyclic amines) is 1. The maximum absolute atomic E-state index is 6.13. The summed E-state index contributed by atoms with van der Waals surface area (Å²) in [5.41, 5.74) is 7.30. The van der Waals surface area contributed by atoms with Crippen LogP contribution in [0, 0.1) is 19.3 Å². The summed E-state index contributed by atoms with van der Waals surface area (Å²) in [4.78, 5) is 6.81. The Bertz CT molecular complexity index is 378. The van der Waals surface area contributed by atoms with E-state index in [0.717, 1.165) is 43.4 Å². The van der Waals surface area contributed by atoms with Crippen molar-refractivity contribution in [2.45, 2.75) is 46.7 Å². The maximum atomic E-state index is 6.13. The van der Waals surface area contributed by atoms with Gasteiger partial charge in [0.15, 0.2) is 0 Å². The van der Waals surface area contributed by atoms with Gasteiger partial charge in [0.2, 0.25) is 5.89 Å². The minimum atomic E-state index is 0.176. The second-order valence-corrected chi connectivity index (χ2v) is 5.84. The molecule has 1 aliphatic rings. The van der Waals surface area contributed by atoms with Crippen molar-refractivity contribution in [2.75, 3.05) is 13.1 Å². The Hall–Kier alpha value is -0.870. The lowest BCUT2D eigenvalue weighted by Crippen LogP contribution is -2.52. The van der Waals surface area contributed by atoms with Gasteiger partial charge in [-0.05, 0) is 25.7 Å². The zero-order valence-electron chi connectivity index (χ0n) is 11.3. The summed E-state index contributed by atoms with van der Waals surface area (Å²) in [6.45, 7) is 11.2. The summed E-state index contributed by atoms with van der Waals surface area (Å²) >= 11 is 0. The molecule has 0 bridgehead atoms. The molecule has 2 heterocycles. The molecule has 1 aliphatic heterocycles. The van der Waals surface area contributed by atoms with Gasteiger partial charge in [-0.2, -0.15) is 0 Å². The molecule has 4 nitrogen and oxygen atoms in total. The Balaban J connectivity index is 2.01. The number of hydrogen-bond acceptors (Lipinski definition) is 4. The van der Waals surface area contributed by atoms with Gasteiger partial charge in [-0.3, -0.25) is 4.90 Å². The highest BCUT2D eigenvalue weighted by Crippen LogP contribution is 2.28. The number of nitrogens with zero attached hydrogens (tertiary/aromatic N) is 2. The Kier molecular flexibility index (Phi) is 3.27. The van der Waals surface area contributed by atoms with Crippen LogP contribution in [0.3, 0.4) is 0 Å². The van der Waals surface area contributed by atoms with E-state index in [1.807, 2.05) is 13.8 Å². The van der Waals surface area contributed by atoms with E-state index in [4.69, 9.17) is 10.2 Å². The molecular weight excluding hydrogens is 214 g/mol. The molecule has 17 heavy (non-hydrogen) atoms. The second-order valence-electron chi connectivity index (χ2n) is 5.84. The minimum Gasteiger partial charge on any atom is -0.444 e. The number of rotatable bonds is 2. The number of oxazole rings is 1. The first-order valence-corrected chi connectivity index (χ1v) is 6.29. The Morgan fingerprint density at radius 1 is 1.47 bits per heavy atom. The van der Waals surface area contributed by atoms with E-state index in [0.29, 0.717) is 6.04 Å². The second kappa shape index (κ2) is 4.42. The molecule has 96 valence electrons. The van der Waals surface area contributed by atoms with Gasteiger partial charge in [0.05, 0.1) is 12.2 Å². The average molecular weight is 237 g/mol. The summed E-state index contributed by atoms with van der Waals surface area (Å²) in [6.07, 6.45) is 1.05. The molecule has 1 atom stereocenters. The molecule has 0 aliphatic carbocycles. The Labute approximate surface area is 103 Å². The molecule has 1 aromatic heterocycles. The van der Waals surface area contributed by atoms with E-state index in [1.165, 1.54) is 0 Å². The summed E-state index contributed by atoms with van der Waals surface area (Å²) in [7, 11) is 0. The topological polar surface area (TPSA) is 55.3 Å². The molecule has 0 saturated carbocycles. The molecule has 0 radical (unpaired) electrons. The quantitative estimate of drug-likeness (QED) is 0.853. The Morgan fingerprint density at radius 3 is 2.71 bits per heavy atom. The predicted molar refractivity (Wildman–Crippen MR) is 67.6 cm³/mol. The van der Waals surface area contributed by atoms with Gasteiger partial charge in [-0.1, -0.05) is 13.8 Å². The molecule has 2 rings (SSSR count). The van der Waals surface area contributed by atoms with Crippen LogP contribution in [0.4, 0.5) is 0 Å². The maximum Gasteiger partial charge on any atom is 0.208 e. The molecule has 1 unspecified atom stereocenters. The van der Waals surface area contributed by atoms with Gasteiger partial charge in [-0.15, -0.1) is 0 Å². The number of aryl methyl sites for hydroxylation is 2. The fourth-order valence-corrected chi connectivity index (χ4v) is 2.42. The van der Waals surface area contributed by atoms with Crippen molar-refractivity contribution in [1.29, 1.82) is 0 Å². The van der Waals surface area contributed by atoms with Crippen LogP contribution < -0.4 is 5.73 Å². The number of aromatic nitrogens is 1. The van der Waals surface area contributed by atoms with Crippen LogP contribution in [0.1, 0.15) is 37.6 Å². The third-order valence-electron chi connectivity index (χ3n) is 3.82. The van der Waals surface area contributed by atoms with Crippen molar-refractivity contribution in [2.24, 2.45) is 11.1 Å². The van der Waals surface area contributed by atoms with Crippen molar-refractivity contribution in [3.63, 3.8) is 0 Å². The standard InChI is InChI=1S/C13H23N3O/c1-9-10(2)17-12(15-9)7-16-6-5-11(14)13(3,4)8-16/h11H,5-8,14H2,1-4H3. The van der Waals surface area contributed by atoms with E-state index < -0.39 is 0 Å². The van der Waals surface area contributed by atoms with E-state index in [9.17, 15) is 0 Å². The lowest BCUT2D eigenvalue weighted by molar-refractivity contribution is 0.0828. The van der Waals surface area contributed by atoms with E-state index in [2.05, 4.69) is 23.7 Å². The first kappa shape index (κ1) is 12.6. The third-order valence-corrected chi connectivity index (χ3v) is 3.82. The summed E-state index contributed by atoms with van der Waals surface area (Å²) in [6, 6.07) is 0.298. The number of hydrogen-bond donors (Lipinski definition) is 1. The van der Waals surface area contributed by atoms with Crippen molar-refractivity contribution in [3.8, 4) is 0 Å². The highest BCUT2D eigenvalue weighted by atomic mass is 16.4. The van der Waals surface area contributed by atoms with Crippen LogP contribution in [-0.2, 0) is 6.54 Å². The highest BCUT2D eigenvalue weighted by Gasteiger charge is 2.33. The molecular formula is C13H23N3O. The predicted octanol–water partition coefficient (Wildman–Crippen LogP) is 1.85. The SMILES string of the molecule is Cc1nc(CN2CCC(N)C(C)(C)C2)oc1C. The molecule has 0 spiro atoms. The van der Waals surface area contributed by atoms with Gasteiger partial charge < -0.3 is 10.2 Å². The van der Waals surface area contributed by atoms with Crippen molar-refractivity contribution < 1.29 is 4.42 Å². The molecule has 1 fully saturated rings. The van der Waals surface area contributed by atoms with Crippen molar-refractivity contribution in [1.82, 2.24) is 9.88 Å². The smallest absolute Gasteiger partial charge is 0.208 e. The molecule has 1 aromatic rings. The van der Waals surface area contributed by atoms with Gasteiger partial charge in [-0.25, -0.2) is 4.98 Å². The lowest BCUT2D eigenvalue weighted by atomic mass is 9.80. The van der Waals surface area contributed by atoms with Crippen LogP contribution in [0.2, 0.25) is 0 Å². The third kappa shape index (κ3) is 2.69. The zero-order chi connectivity index (χ0) is 12.6. The minimum absolute atomic E-state index is 0.176. The van der Waals surface area contributed by atoms with Gasteiger partial charge >= 0.3 is 0 Å². The van der Waals surface area contributed by atoms with Crippen LogP contribution in [0.5, 0.6) is 0 Å². The van der Waals surface area contributed by atoms with Crippen LogP contribution in [-0.4, -0.2) is 29.0 Å². The highest BCUT2D eigenvalue weighted by molar-refractivity contribution is 5.05. The van der Waals surface area contributed by atoms with Crippen LogP contribution >= 0.6 is 0 Å². The normalized spacial score (nSPS) is 25.1. The first-order valence-electron chi connectivity index (χ1n) is 6.29. The summed E-state index contributed by atoms with van der Waals surface area (Å²) < 4.78 is 5.63. The van der Waals surface area contributed by atoms with Crippen molar-refractivity contribution in [3.05, 3.63) is 17.3 Å². The zero-order valence-corrected chi connectivity index (χ0v) is 11.3. The fraction of sp³-hybridized carbons (Fsp3) is 0.769. The summed E-state index contributed by atoms with van der Waals surface area (Å²) in [5, 5.41) is 0. The number of piperidine rings is 1. The molecule has 0 aromatic carbocycles. The molecule has 2 N–H and O–H groups in total. The van der Waals surface area contributed by atoms with Gasteiger partial charge in [0.1, 0.15) is 5.76 Å². The fourth-order valence-electron chi connectivity index (χ4n) is 2.42. The summed E-state index contributed by atoms with van der Waals surface area (Å²) in [5.74, 6) is 1.75. The molecule has 4 heteroatoms.